The molecule has 0 aromatic heterocycles. The lowest BCUT2D eigenvalue weighted by Crippen LogP contribution is -2.55. The summed E-state index contributed by atoms with van der Waals surface area (Å²) in [6, 6.07) is 14.6. The molecule has 7 nitrogen and oxygen atoms in total. The molecular weight excluding hydrogens is 432 g/mol. The van der Waals surface area contributed by atoms with E-state index in [0.29, 0.717) is 19.4 Å². The third-order valence-corrected chi connectivity index (χ3v) is 6.85. The van der Waals surface area contributed by atoms with Gasteiger partial charge in [0.15, 0.2) is 0 Å². The highest BCUT2D eigenvalue weighted by Gasteiger charge is 2.36. The van der Waals surface area contributed by atoms with Crippen LogP contribution in [0.25, 0.3) is 11.1 Å². The number of unbranched alkanes of at least 4 members (excludes halogenated alkanes) is 1. The van der Waals surface area contributed by atoms with Crippen LogP contribution in [0.4, 0.5) is 4.79 Å². The number of nitrogens with zero attached hydrogens (tertiary/aromatic N) is 1. The van der Waals surface area contributed by atoms with Crippen molar-refractivity contribution in [1.82, 2.24) is 10.2 Å². The van der Waals surface area contributed by atoms with Crippen molar-refractivity contribution in [1.29, 1.82) is 0 Å². The monoisotopic (exact) mass is 464 g/mol. The van der Waals surface area contributed by atoms with Crippen LogP contribution in [0.2, 0.25) is 0 Å². The van der Waals surface area contributed by atoms with Crippen LogP contribution in [0.5, 0.6) is 0 Å². The Morgan fingerprint density at radius 3 is 2.32 bits per heavy atom. The number of hydrogen-bond donors (Lipinski definition) is 2. The van der Waals surface area contributed by atoms with Crippen LogP contribution in [0.1, 0.15) is 62.5 Å². The zero-order valence-electron chi connectivity index (χ0n) is 19.5. The molecule has 1 aliphatic heterocycles. The average Bonchev–Trinajstić information content (AvgIpc) is 3.18. The van der Waals surface area contributed by atoms with E-state index in [4.69, 9.17) is 4.74 Å². The topological polar surface area (TPSA) is 95.9 Å². The van der Waals surface area contributed by atoms with Crippen molar-refractivity contribution in [3.05, 3.63) is 59.7 Å². The fourth-order valence-electron chi connectivity index (χ4n) is 5.10. The van der Waals surface area contributed by atoms with E-state index in [1.54, 1.807) is 0 Å². The number of rotatable bonds is 8. The number of carbonyl (C=O) groups is 3. The number of piperidine rings is 1. The maximum Gasteiger partial charge on any atom is 0.407 e. The van der Waals surface area contributed by atoms with E-state index in [9.17, 15) is 19.5 Å². The van der Waals surface area contributed by atoms with E-state index in [2.05, 4.69) is 29.6 Å². The molecule has 0 spiro atoms. The van der Waals surface area contributed by atoms with Crippen molar-refractivity contribution >= 4 is 18.0 Å². The predicted molar refractivity (Wildman–Crippen MR) is 129 cm³/mol. The lowest BCUT2D eigenvalue weighted by molar-refractivity contribution is -0.153. The zero-order valence-corrected chi connectivity index (χ0v) is 19.5. The van der Waals surface area contributed by atoms with Gasteiger partial charge in [-0.2, -0.15) is 0 Å². The summed E-state index contributed by atoms with van der Waals surface area (Å²) in [4.78, 5) is 39.1. The first-order chi connectivity index (χ1) is 16.5. The Bertz CT molecular complexity index is 1010. The van der Waals surface area contributed by atoms with Crippen LogP contribution in [0, 0.1) is 0 Å². The second-order valence-corrected chi connectivity index (χ2v) is 9.05. The van der Waals surface area contributed by atoms with Gasteiger partial charge in [-0.1, -0.05) is 68.3 Å². The molecule has 0 saturated carbocycles. The molecule has 4 rings (SSSR count). The molecule has 2 aromatic rings. The molecule has 1 fully saturated rings. The lowest BCUT2D eigenvalue weighted by atomic mass is 9.98. The average molecular weight is 465 g/mol. The smallest absolute Gasteiger partial charge is 0.407 e. The number of carboxylic acid groups (broad SMARTS) is 1. The highest BCUT2D eigenvalue weighted by molar-refractivity contribution is 5.89. The molecular formula is C27H32N2O5. The maximum absolute atomic E-state index is 13.2. The summed E-state index contributed by atoms with van der Waals surface area (Å²) in [6.07, 6.45) is 3.38. The van der Waals surface area contributed by atoms with Gasteiger partial charge >= 0.3 is 12.1 Å². The van der Waals surface area contributed by atoms with Gasteiger partial charge in [0.05, 0.1) is 0 Å². The molecule has 2 aliphatic rings. The van der Waals surface area contributed by atoms with Gasteiger partial charge in [0, 0.05) is 12.5 Å². The Labute approximate surface area is 200 Å². The second-order valence-electron chi connectivity index (χ2n) is 9.05. The quantitative estimate of drug-likeness (QED) is 0.598. The Balaban J connectivity index is 1.44. The number of hydrogen-bond acceptors (Lipinski definition) is 4. The summed E-state index contributed by atoms with van der Waals surface area (Å²) >= 11 is 0. The normalized spacial score (nSPS) is 18.0. The Kier molecular flexibility index (Phi) is 7.50. The SMILES string of the molecule is CCCCC(NC(=O)OCC1c2ccccc2-c2ccccc21)C(=O)N1CCCC[C@H]1C(=O)O. The molecule has 1 aliphatic carbocycles. The van der Waals surface area contributed by atoms with Gasteiger partial charge in [-0.25, -0.2) is 9.59 Å². The Morgan fingerprint density at radius 2 is 1.71 bits per heavy atom. The molecule has 2 aromatic carbocycles. The van der Waals surface area contributed by atoms with Gasteiger partial charge in [0.2, 0.25) is 5.91 Å². The minimum Gasteiger partial charge on any atom is -0.480 e. The fraction of sp³-hybridized carbons (Fsp3) is 0.444. The molecule has 7 heteroatoms. The second kappa shape index (κ2) is 10.7. The van der Waals surface area contributed by atoms with E-state index in [1.165, 1.54) is 4.90 Å². The first-order valence-electron chi connectivity index (χ1n) is 12.2. The standard InChI is InChI=1S/C27H32N2O5/c1-2-3-14-23(25(30)29-16-9-8-15-24(29)26(31)32)28-27(33)34-17-22-20-12-6-4-10-18(20)19-11-5-7-13-21(19)22/h4-7,10-13,22-24H,2-3,8-9,14-17H2,1H3,(H,28,33)(H,31,32)/t23?,24-/m0/s1. The first kappa shape index (κ1) is 23.8. The number of ether oxygens (including phenoxy) is 1. The summed E-state index contributed by atoms with van der Waals surface area (Å²) in [5.74, 6) is -1.40. The van der Waals surface area contributed by atoms with Gasteiger partial charge in [0.25, 0.3) is 0 Å². The maximum atomic E-state index is 13.2. The van der Waals surface area contributed by atoms with Crippen molar-refractivity contribution < 1.29 is 24.2 Å². The van der Waals surface area contributed by atoms with E-state index < -0.39 is 24.1 Å². The van der Waals surface area contributed by atoms with Gasteiger partial charge in [-0.3, -0.25) is 4.79 Å². The fourth-order valence-corrected chi connectivity index (χ4v) is 5.10. The summed E-state index contributed by atoms with van der Waals surface area (Å²) in [6.45, 7) is 2.57. The zero-order chi connectivity index (χ0) is 24.1. The van der Waals surface area contributed by atoms with Crippen LogP contribution < -0.4 is 5.32 Å². The van der Waals surface area contributed by atoms with Gasteiger partial charge in [-0.15, -0.1) is 0 Å². The highest BCUT2D eigenvalue weighted by atomic mass is 16.5. The summed E-state index contributed by atoms with van der Waals surface area (Å²) in [5, 5.41) is 12.3. The van der Waals surface area contributed by atoms with Crippen molar-refractivity contribution in [2.24, 2.45) is 0 Å². The van der Waals surface area contributed by atoms with E-state index in [0.717, 1.165) is 47.9 Å². The highest BCUT2D eigenvalue weighted by Crippen LogP contribution is 2.44. The molecule has 2 amide bonds. The number of benzene rings is 2. The molecule has 1 unspecified atom stereocenters. The molecule has 2 N–H and O–H groups in total. The summed E-state index contributed by atoms with van der Waals surface area (Å²) in [7, 11) is 0. The number of alkyl carbamates (subject to hydrolysis) is 1. The van der Waals surface area contributed by atoms with E-state index >= 15 is 0 Å². The van der Waals surface area contributed by atoms with Crippen LogP contribution in [-0.2, 0) is 14.3 Å². The number of likely N-dealkylation sites (tertiary alicyclic amines) is 1. The third-order valence-electron chi connectivity index (χ3n) is 6.85. The van der Waals surface area contributed by atoms with Crippen LogP contribution in [0.15, 0.2) is 48.5 Å². The Hall–Kier alpha value is -3.35. The lowest BCUT2D eigenvalue weighted by Gasteiger charge is -2.35. The molecule has 0 bridgehead atoms. The molecule has 2 atom stereocenters. The minimum absolute atomic E-state index is 0.0681. The predicted octanol–water partition coefficient (Wildman–Crippen LogP) is 4.55. The molecule has 0 radical (unpaired) electrons. The minimum atomic E-state index is -0.997. The largest absolute Gasteiger partial charge is 0.480 e. The molecule has 1 saturated heterocycles. The molecule has 1 heterocycles. The summed E-state index contributed by atoms with van der Waals surface area (Å²) in [5.41, 5.74) is 4.53. The van der Waals surface area contributed by atoms with Crippen molar-refractivity contribution in [2.75, 3.05) is 13.2 Å². The third kappa shape index (κ3) is 4.93. The number of fused-ring (bicyclic) bond motifs is 3. The van der Waals surface area contributed by atoms with Crippen molar-refractivity contribution in [3.63, 3.8) is 0 Å². The molecule has 180 valence electrons. The number of carboxylic acids is 1. The number of nitrogens with one attached hydrogen (secondary N) is 1. The number of aliphatic carboxylic acids is 1. The van der Waals surface area contributed by atoms with Gasteiger partial charge in [-0.05, 0) is 47.9 Å². The van der Waals surface area contributed by atoms with E-state index in [1.807, 2.05) is 31.2 Å². The van der Waals surface area contributed by atoms with Crippen molar-refractivity contribution in [2.45, 2.75) is 63.5 Å². The van der Waals surface area contributed by atoms with Crippen LogP contribution in [0.3, 0.4) is 0 Å². The van der Waals surface area contributed by atoms with Crippen LogP contribution in [-0.4, -0.2) is 53.2 Å². The van der Waals surface area contributed by atoms with Crippen molar-refractivity contribution in [3.8, 4) is 11.1 Å². The van der Waals surface area contributed by atoms with Gasteiger partial charge < -0.3 is 20.1 Å². The Morgan fingerprint density at radius 1 is 1.06 bits per heavy atom. The van der Waals surface area contributed by atoms with Gasteiger partial charge in [0.1, 0.15) is 18.7 Å². The first-order valence-corrected chi connectivity index (χ1v) is 12.2. The number of amides is 2. The van der Waals surface area contributed by atoms with E-state index in [-0.39, 0.29) is 18.4 Å². The summed E-state index contributed by atoms with van der Waals surface area (Å²) < 4.78 is 5.62. The number of carbonyl (C=O) groups excluding carboxylic acids is 2. The molecule has 34 heavy (non-hydrogen) atoms. The van der Waals surface area contributed by atoms with Crippen LogP contribution >= 0.6 is 0 Å².